The zero-order valence-corrected chi connectivity index (χ0v) is 18.9. The lowest BCUT2D eigenvalue weighted by molar-refractivity contribution is 0.208. The second kappa shape index (κ2) is 9.92. The number of hydrogen-bond donors (Lipinski definition) is 2. The van der Waals surface area contributed by atoms with E-state index >= 15 is 0 Å². The van der Waals surface area contributed by atoms with Crippen molar-refractivity contribution in [2.75, 3.05) is 30.3 Å². The molecule has 33 heavy (non-hydrogen) atoms. The SMILES string of the molecule is CCOc1ccc(Nc2cc(NC3CCCN(Cc4ccccc4)C3)nn3ccnc23)cc1. The van der Waals surface area contributed by atoms with E-state index in [1.807, 2.05) is 41.9 Å². The fraction of sp³-hybridized carbons (Fsp3) is 0.308. The number of piperidine rings is 1. The summed E-state index contributed by atoms with van der Waals surface area (Å²) >= 11 is 0. The fourth-order valence-electron chi connectivity index (χ4n) is 4.40. The van der Waals surface area contributed by atoms with Crippen molar-refractivity contribution in [1.29, 1.82) is 0 Å². The predicted molar refractivity (Wildman–Crippen MR) is 132 cm³/mol. The Labute approximate surface area is 194 Å². The highest BCUT2D eigenvalue weighted by Crippen LogP contribution is 2.26. The van der Waals surface area contributed by atoms with Crippen molar-refractivity contribution < 1.29 is 4.74 Å². The number of fused-ring (bicyclic) bond motifs is 1. The number of rotatable bonds is 8. The zero-order valence-electron chi connectivity index (χ0n) is 18.9. The molecular weight excluding hydrogens is 412 g/mol. The molecule has 3 heterocycles. The second-order valence-corrected chi connectivity index (χ2v) is 8.43. The van der Waals surface area contributed by atoms with Gasteiger partial charge in [-0.15, -0.1) is 5.10 Å². The van der Waals surface area contributed by atoms with E-state index in [1.54, 1.807) is 6.20 Å². The van der Waals surface area contributed by atoms with E-state index in [4.69, 9.17) is 9.84 Å². The minimum absolute atomic E-state index is 0.356. The van der Waals surface area contributed by atoms with Gasteiger partial charge in [0, 0.05) is 43.3 Å². The molecule has 0 saturated carbocycles. The molecule has 170 valence electrons. The Morgan fingerprint density at radius 3 is 2.76 bits per heavy atom. The van der Waals surface area contributed by atoms with Gasteiger partial charge in [0.2, 0.25) is 0 Å². The first kappa shape index (κ1) is 21.3. The predicted octanol–water partition coefficient (Wildman–Crippen LogP) is 4.95. The van der Waals surface area contributed by atoms with Crippen LogP contribution in [0.2, 0.25) is 0 Å². The molecule has 4 aromatic rings. The van der Waals surface area contributed by atoms with Gasteiger partial charge >= 0.3 is 0 Å². The summed E-state index contributed by atoms with van der Waals surface area (Å²) < 4.78 is 7.37. The first-order valence-electron chi connectivity index (χ1n) is 11.6. The number of nitrogens with one attached hydrogen (secondary N) is 2. The van der Waals surface area contributed by atoms with Crippen LogP contribution in [0.5, 0.6) is 5.75 Å². The summed E-state index contributed by atoms with van der Waals surface area (Å²) in [5.41, 5.74) is 4.05. The van der Waals surface area contributed by atoms with Crippen molar-refractivity contribution in [1.82, 2.24) is 19.5 Å². The van der Waals surface area contributed by atoms with Gasteiger partial charge in [-0.2, -0.15) is 0 Å². The third-order valence-electron chi connectivity index (χ3n) is 5.91. The van der Waals surface area contributed by atoms with Gasteiger partial charge in [-0.1, -0.05) is 30.3 Å². The van der Waals surface area contributed by atoms with Crippen LogP contribution in [0.1, 0.15) is 25.3 Å². The van der Waals surface area contributed by atoms with Gasteiger partial charge in [0.25, 0.3) is 0 Å². The summed E-state index contributed by atoms with van der Waals surface area (Å²) in [6.07, 6.45) is 5.97. The van der Waals surface area contributed by atoms with Crippen molar-refractivity contribution in [3.05, 3.63) is 78.6 Å². The molecule has 7 nitrogen and oxygen atoms in total. The molecule has 1 unspecified atom stereocenters. The monoisotopic (exact) mass is 442 g/mol. The van der Waals surface area contributed by atoms with Gasteiger partial charge < -0.3 is 15.4 Å². The first-order chi connectivity index (χ1) is 16.3. The number of benzene rings is 2. The summed E-state index contributed by atoms with van der Waals surface area (Å²) in [4.78, 5) is 7.01. The molecule has 0 amide bonds. The number of anilines is 3. The first-order valence-corrected chi connectivity index (χ1v) is 11.6. The number of aromatic nitrogens is 3. The highest BCUT2D eigenvalue weighted by molar-refractivity contribution is 5.76. The third-order valence-corrected chi connectivity index (χ3v) is 5.91. The van der Waals surface area contributed by atoms with E-state index in [1.165, 1.54) is 12.0 Å². The molecule has 1 saturated heterocycles. The summed E-state index contributed by atoms with van der Waals surface area (Å²) in [6.45, 7) is 5.76. The topological polar surface area (TPSA) is 66.7 Å². The van der Waals surface area contributed by atoms with Crippen molar-refractivity contribution in [3.8, 4) is 5.75 Å². The molecular formula is C26H30N6O. The molecule has 0 bridgehead atoms. The second-order valence-electron chi connectivity index (χ2n) is 8.43. The summed E-state index contributed by atoms with van der Waals surface area (Å²) in [6, 6.07) is 21.1. The highest BCUT2D eigenvalue weighted by Gasteiger charge is 2.21. The Morgan fingerprint density at radius 1 is 1.09 bits per heavy atom. The van der Waals surface area contributed by atoms with Gasteiger partial charge in [-0.25, -0.2) is 9.50 Å². The molecule has 2 aromatic carbocycles. The molecule has 0 aliphatic carbocycles. The largest absolute Gasteiger partial charge is 0.494 e. The molecule has 1 aliphatic heterocycles. The van der Waals surface area contributed by atoms with Gasteiger partial charge in [-0.3, -0.25) is 4.90 Å². The quantitative estimate of drug-likeness (QED) is 0.403. The summed E-state index contributed by atoms with van der Waals surface area (Å²) in [5, 5.41) is 11.9. The summed E-state index contributed by atoms with van der Waals surface area (Å²) in [5.74, 6) is 1.71. The van der Waals surface area contributed by atoms with Crippen LogP contribution in [0.4, 0.5) is 17.2 Å². The lowest BCUT2D eigenvalue weighted by atomic mass is 10.0. The van der Waals surface area contributed by atoms with Crippen molar-refractivity contribution in [2.45, 2.75) is 32.4 Å². The van der Waals surface area contributed by atoms with Gasteiger partial charge in [0.1, 0.15) is 11.6 Å². The Kier molecular flexibility index (Phi) is 6.39. The van der Waals surface area contributed by atoms with E-state index in [2.05, 4.69) is 56.9 Å². The molecule has 1 fully saturated rings. The normalized spacial score (nSPS) is 16.6. The van der Waals surface area contributed by atoms with Gasteiger partial charge in [-0.05, 0) is 56.1 Å². The van der Waals surface area contributed by atoms with Crippen LogP contribution in [0.15, 0.2) is 73.1 Å². The average Bonchev–Trinajstić information content (AvgIpc) is 3.31. The van der Waals surface area contributed by atoms with Crippen molar-refractivity contribution in [2.24, 2.45) is 0 Å². The van der Waals surface area contributed by atoms with Crippen LogP contribution in [0.25, 0.3) is 5.65 Å². The number of nitrogens with zero attached hydrogens (tertiary/aromatic N) is 4. The van der Waals surface area contributed by atoms with E-state index in [0.717, 1.165) is 54.6 Å². The summed E-state index contributed by atoms with van der Waals surface area (Å²) in [7, 11) is 0. The minimum Gasteiger partial charge on any atom is -0.494 e. The number of likely N-dealkylation sites (tertiary alicyclic amines) is 1. The maximum atomic E-state index is 5.55. The van der Waals surface area contributed by atoms with Crippen LogP contribution in [-0.2, 0) is 6.54 Å². The number of imidazole rings is 1. The third kappa shape index (κ3) is 5.26. The average molecular weight is 443 g/mol. The lowest BCUT2D eigenvalue weighted by Crippen LogP contribution is -2.41. The molecule has 5 rings (SSSR count). The minimum atomic E-state index is 0.356. The fourth-order valence-corrected chi connectivity index (χ4v) is 4.40. The zero-order chi connectivity index (χ0) is 22.5. The van der Waals surface area contributed by atoms with Gasteiger partial charge in [0.05, 0.1) is 12.3 Å². The van der Waals surface area contributed by atoms with Crippen LogP contribution < -0.4 is 15.4 Å². The smallest absolute Gasteiger partial charge is 0.177 e. The van der Waals surface area contributed by atoms with Crippen molar-refractivity contribution in [3.63, 3.8) is 0 Å². The van der Waals surface area contributed by atoms with Crippen LogP contribution in [-0.4, -0.2) is 45.2 Å². The van der Waals surface area contributed by atoms with Crippen LogP contribution >= 0.6 is 0 Å². The standard InChI is InChI=1S/C26H30N6O/c1-2-33-23-12-10-21(11-13-23)28-24-17-25(30-32-16-14-27-26(24)32)29-22-9-6-15-31(19-22)18-20-7-4-3-5-8-20/h3-5,7-8,10-14,16-17,22,28H,2,6,9,15,18-19H2,1H3,(H,29,30). The molecule has 2 N–H and O–H groups in total. The van der Waals surface area contributed by atoms with Gasteiger partial charge in [0.15, 0.2) is 5.65 Å². The molecule has 0 spiro atoms. The maximum absolute atomic E-state index is 5.55. The molecule has 1 atom stereocenters. The van der Waals surface area contributed by atoms with Crippen LogP contribution in [0.3, 0.4) is 0 Å². The van der Waals surface area contributed by atoms with E-state index in [9.17, 15) is 0 Å². The van der Waals surface area contributed by atoms with Crippen LogP contribution in [0, 0.1) is 0 Å². The molecule has 7 heteroatoms. The maximum Gasteiger partial charge on any atom is 0.177 e. The number of hydrogen-bond acceptors (Lipinski definition) is 6. The molecule has 2 aromatic heterocycles. The van der Waals surface area contributed by atoms with E-state index in [-0.39, 0.29) is 0 Å². The molecule has 0 radical (unpaired) electrons. The van der Waals surface area contributed by atoms with E-state index < -0.39 is 0 Å². The lowest BCUT2D eigenvalue weighted by Gasteiger charge is -2.33. The Morgan fingerprint density at radius 2 is 1.94 bits per heavy atom. The Bertz CT molecular complexity index is 1170. The van der Waals surface area contributed by atoms with E-state index in [0.29, 0.717) is 12.6 Å². The Hall–Kier alpha value is -3.58. The number of ether oxygens (including phenoxy) is 1. The Balaban J connectivity index is 1.30. The molecule has 1 aliphatic rings. The highest BCUT2D eigenvalue weighted by atomic mass is 16.5. The van der Waals surface area contributed by atoms with Crippen molar-refractivity contribution >= 4 is 22.8 Å².